The van der Waals surface area contributed by atoms with Crippen LogP contribution in [0, 0.1) is 0 Å². The van der Waals surface area contributed by atoms with Gasteiger partial charge in [0.15, 0.2) is 5.82 Å². The Hall–Kier alpha value is -2.87. The number of hydrogen-bond donors (Lipinski definition) is 4. The van der Waals surface area contributed by atoms with Gasteiger partial charge < -0.3 is 21.7 Å². The molecule has 1 aromatic carbocycles. The first kappa shape index (κ1) is 14.1. The van der Waals surface area contributed by atoms with Crippen LogP contribution in [0.5, 0.6) is 0 Å². The average molecular weight is 300 g/mol. The Morgan fingerprint density at radius 1 is 1.27 bits per heavy atom. The molecule has 0 spiro atoms. The number of aromatic amines is 1. The molecule has 1 aromatic heterocycles. The standard InChI is InChI=1S/C14H16N6O2/c15-5-8-2-1-3-9(4-8)6-20-7-10(21)17-11-12(16)18-14(22)19-13(11)20/h1-4H,5-7,15H2,(H,17,21)(H3,16,18,19,22). The molecule has 0 unspecified atom stereocenters. The quantitative estimate of drug-likeness (QED) is 0.619. The van der Waals surface area contributed by atoms with Crippen LogP contribution in [0.1, 0.15) is 11.1 Å². The summed E-state index contributed by atoms with van der Waals surface area (Å²) in [6.07, 6.45) is 0. The van der Waals surface area contributed by atoms with Gasteiger partial charge >= 0.3 is 5.69 Å². The highest BCUT2D eigenvalue weighted by Crippen LogP contribution is 2.30. The average Bonchev–Trinajstić information content (AvgIpc) is 2.49. The van der Waals surface area contributed by atoms with Crippen LogP contribution < -0.4 is 27.4 Å². The minimum atomic E-state index is -0.548. The van der Waals surface area contributed by atoms with E-state index in [-0.39, 0.29) is 18.3 Å². The maximum Gasteiger partial charge on any atom is 0.348 e. The maximum absolute atomic E-state index is 11.8. The summed E-state index contributed by atoms with van der Waals surface area (Å²) in [7, 11) is 0. The molecule has 0 saturated heterocycles. The number of fused-ring (bicyclic) bond motifs is 1. The van der Waals surface area contributed by atoms with E-state index in [0.717, 1.165) is 11.1 Å². The second-order valence-corrected chi connectivity index (χ2v) is 5.08. The Bertz CT molecular complexity index is 785. The third-order valence-electron chi connectivity index (χ3n) is 3.44. The number of nitrogens with zero attached hydrogens (tertiary/aromatic N) is 2. The number of aromatic nitrogens is 2. The summed E-state index contributed by atoms with van der Waals surface area (Å²) in [4.78, 5) is 31.4. The first-order valence-corrected chi connectivity index (χ1v) is 6.79. The third kappa shape index (κ3) is 2.63. The van der Waals surface area contributed by atoms with Crippen molar-refractivity contribution in [3.05, 3.63) is 45.9 Å². The van der Waals surface area contributed by atoms with Gasteiger partial charge in [-0.2, -0.15) is 4.98 Å². The van der Waals surface area contributed by atoms with E-state index in [2.05, 4.69) is 15.3 Å². The summed E-state index contributed by atoms with van der Waals surface area (Å²) in [5, 5.41) is 2.64. The number of nitrogens with one attached hydrogen (secondary N) is 2. The zero-order valence-corrected chi connectivity index (χ0v) is 11.8. The van der Waals surface area contributed by atoms with Crippen molar-refractivity contribution in [2.45, 2.75) is 13.1 Å². The molecule has 1 aliphatic rings. The Labute approximate surface area is 126 Å². The lowest BCUT2D eigenvalue weighted by atomic mass is 10.1. The summed E-state index contributed by atoms with van der Waals surface area (Å²) in [5.74, 6) is 0.269. The van der Waals surface area contributed by atoms with Crippen molar-refractivity contribution in [1.82, 2.24) is 9.97 Å². The smallest absolute Gasteiger partial charge is 0.348 e. The van der Waals surface area contributed by atoms with Crippen molar-refractivity contribution in [3.8, 4) is 0 Å². The summed E-state index contributed by atoms with van der Waals surface area (Å²) in [5.41, 5.74) is 13.2. The molecule has 2 aromatic rings. The minimum Gasteiger partial charge on any atom is -0.383 e. The van der Waals surface area contributed by atoms with E-state index in [9.17, 15) is 9.59 Å². The van der Waals surface area contributed by atoms with Crippen LogP contribution in [-0.2, 0) is 17.9 Å². The Morgan fingerprint density at radius 2 is 2.05 bits per heavy atom. The summed E-state index contributed by atoms with van der Waals surface area (Å²) in [6, 6.07) is 7.73. The molecule has 0 fully saturated rings. The van der Waals surface area contributed by atoms with Crippen molar-refractivity contribution in [2.75, 3.05) is 22.5 Å². The van der Waals surface area contributed by atoms with Gasteiger partial charge in [-0.3, -0.25) is 9.78 Å². The molecule has 1 amide bonds. The van der Waals surface area contributed by atoms with Crippen molar-refractivity contribution >= 4 is 23.2 Å². The van der Waals surface area contributed by atoms with E-state index >= 15 is 0 Å². The van der Waals surface area contributed by atoms with Gasteiger partial charge in [-0.15, -0.1) is 0 Å². The van der Waals surface area contributed by atoms with Crippen LogP contribution >= 0.6 is 0 Å². The first-order chi connectivity index (χ1) is 10.6. The van der Waals surface area contributed by atoms with Crippen molar-refractivity contribution in [1.29, 1.82) is 0 Å². The van der Waals surface area contributed by atoms with Gasteiger partial charge in [-0.05, 0) is 11.1 Å². The third-order valence-corrected chi connectivity index (χ3v) is 3.44. The molecule has 114 valence electrons. The van der Waals surface area contributed by atoms with Crippen LogP contribution in [-0.4, -0.2) is 22.4 Å². The largest absolute Gasteiger partial charge is 0.383 e. The van der Waals surface area contributed by atoms with E-state index in [4.69, 9.17) is 11.5 Å². The Balaban J connectivity index is 1.98. The minimum absolute atomic E-state index is 0.101. The van der Waals surface area contributed by atoms with Gasteiger partial charge in [-0.1, -0.05) is 24.3 Å². The van der Waals surface area contributed by atoms with Crippen molar-refractivity contribution < 1.29 is 4.79 Å². The zero-order valence-electron chi connectivity index (χ0n) is 11.8. The van der Waals surface area contributed by atoms with Crippen LogP contribution in [0.2, 0.25) is 0 Å². The number of benzene rings is 1. The second-order valence-electron chi connectivity index (χ2n) is 5.08. The van der Waals surface area contributed by atoms with E-state index in [1.165, 1.54) is 0 Å². The van der Waals surface area contributed by atoms with Gasteiger partial charge in [0.2, 0.25) is 5.91 Å². The van der Waals surface area contributed by atoms with Gasteiger partial charge in [0.1, 0.15) is 11.5 Å². The first-order valence-electron chi connectivity index (χ1n) is 6.79. The van der Waals surface area contributed by atoms with Crippen molar-refractivity contribution in [3.63, 3.8) is 0 Å². The molecule has 8 nitrogen and oxygen atoms in total. The van der Waals surface area contributed by atoms with Gasteiger partial charge in [-0.25, -0.2) is 4.79 Å². The number of carbonyl (C=O) groups excluding carboxylic acids is 1. The number of nitrogen functional groups attached to an aromatic ring is 1. The van der Waals surface area contributed by atoms with E-state index in [1.54, 1.807) is 4.90 Å². The van der Waals surface area contributed by atoms with E-state index < -0.39 is 5.69 Å². The Morgan fingerprint density at radius 3 is 2.82 bits per heavy atom. The number of nitrogens with two attached hydrogens (primary N) is 2. The molecule has 0 aliphatic carbocycles. The van der Waals surface area contributed by atoms with Crippen LogP contribution in [0.3, 0.4) is 0 Å². The maximum atomic E-state index is 11.8. The molecule has 0 bridgehead atoms. The summed E-state index contributed by atoms with van der Waals surface area (Å²) in [6.45, 7) is 0.982. The fourth-order valence-corrected chi connectivity index (χ4v) is 2.46. The number of rotatable bonds is 3. The fraction of sp³-hybridized carbons (Fsp3) is 0.214. The molecule has 1 aliphatic heterocycles. The molecule has 6 N–H and O–H groups in total. The summed E-state index contributed by atoms with van der Waals surface area (Å²) >= 11 is 0. The SMILES string of the molecule is NCc1cccc(CN2CC(=O)Nc3c2nc(=O)[nH]c3N)c1. The van der Waals surface area contributed by atoms with Gasteiger partial charge in [0, 0.05) is 13.1 Å². The molecule has 22 heavy (non-hydrogen) atoms. The van der Waals surface area contributed by atoms with Crippen molar-refractivity contribution in [2.24, 2.45) is 5.73 Å². The van der Waals surface area contributed by atoms with Gasteiger partial charge in [0.05, 0.1) is 6.54 Å². The van der Waals surface area contributed by atoms with E-state index in [0.29, 0.717) is 24.6 Å². The Kier molecular flexibility index (Phi) is 3.51. The highest BCUT2D eigenvalue weighted by atomic mass is 16.2. The number of hydrogen-bond acceptors (Lipinski definition) is 6. The normalized spacial score (nSPS) is 13.7. The molecular formula is C14H16N6O2. The zero-order chi connectivity index (χ0) is 15.7. The molecule has 3 rings (SSSR count). The van der Waals surface area contributed by atoms with E-state index in [1.807, 2.05) is 24.3 Å². The monoisotopic (exact) mass is 300 g/mol. The predicted octanol–water partition coefficient (Wildman–Crippen LogP) is -0.231. The lowest BCUT2D eigenvalue weighted by molar-refractivity contribution is -0.115. The van der Waals surface area contributed by atoms with Crippen LogP contribution in [0.15, 0.2) is 29.1 Å². The molecule has 0 saturated carbocycles. The van der Waals surface area contributed by atoms with Crippen LogP contribution in [0.25, 0.3) is 0 Å². The van der Waals surface area contributed by atoms with Gasteiger partial charge in [0.25, 0.3) is 0 Å². The molecule has 0 atom stereocenters. The second kappa shape index (κ2) is 5.49. The number of carbonyl (C=O) groups is 1. The van der Waals surface area contributed by atoms with Crippen LogP contribution in [0.4, 0.5) is 17.3 Å². The molecule has 0 radical (unpaired) electrons. The lowest BCUT2D eigenvalue weighted by Crippen LogP contribution is -2.40. The highest BCUT2D eigenvalue weighted by Gasteiger charge is 2.26. The molecule has 8 heteroatoms. The lowest BCUT2D eigenvalue weighted by Gasteiger charge is -2.29. The molecule has 2 heterocycles. The fourth-order valence-electron chi connectivity index (χ4n) is 2.46. The topological polar surface area (TPSA) is 130 Å². The summed E-state index contributed by atoms with van der Waals surface area (Å²) < 4.78 is 0. The number of H-pyrrole nitrogens is 1. The predicted molar refractivity (Wildman–Crippen MR) is 83.3 cm³/mol. The molecular weight excluding hydrogens is 284 g/mol. The number of anilines is 3. The highest BCUT2D eigenvalue weighted by molar-refractivity contribution is 6.02. The number of amides is 1.